The highest BCUT2D eigenvalue weighted by atomic mass is 19.2. The number of nitrogens with one attached hydrogen (secondary N) is 2. The predicted octanol–water partition coefficient (Wildman–Crippen LogP) is 2.43. The van der Waals surface area contributed by atoms with Gasteiger partial charge in [-0.1, -0.05) is 0 Å². The first-order chi connectivity index (χ1) is 8.99. The first-order valence-electron chi connectivity index (χ1n) is 6.18. The van der Waals surface area contributed by atoms with E-state index >= 15 is 0 Å². The van der Waals surface area contributed by atoms with E-state index in [1.807, 2.05) is 6.92 Å². The maximum Gasteiger partial charge on any atom is 0.229 e. The van der Waals surface area contributed by atoms with Crippen LogP contribution < -0.4 is 10.6 Å². The van der Waals surface area contributed by atoms with E-state index < -0.39 is 29.0 Å². The third kappa shape index (κ3) is 3.07. The lowest BCUT2D eigenvalue weighted by molar-refractivity contribution is -0.121. The van der Waals surface area contributed by atoms with Gasteiger partial charge in [0.1, 0.15) is 5.82 Å². The van der Waals surface area contributed by atoms with Crippen LogP contribution in [0, 0.1) is 23.4 Å². The molecule has 2 rings (SSSR count). The SMILES string of the molecule is CC1NCCCC1C(=O)Nc1cc(F)cc(F)c1F. The summed E-state index contributed by atoms with van der Waals surface area (Å²) < 4.78 is 39.5. The van der Waals surface area contributed by atoms with Gasteiger partial charge in [-0.15, -0.1) is 0 Å². The van der Waals surface area contributed by atoms with Crippen molar-refractivity contribution in [2.24, 2.45) is 5.92 Å². The van der Waals surface area contributed by atoms with Gasteiger partial charge in [0, 0.05) is 18.2 Å². The third-order valence-electron chi connectivity index (χ3n) is 3.35. The Balaban J connectivity index is 2.14. The van der Waals surface area contributed by atoms with Gasteiger partial charge >= 0.3 is 0 Å². The Labute approximate surface area is 109 Å². The maximum absolute atomic E-state index is 13.4. The molecule has 0 aromatic heterocycles. The largest absolute Gasteiger partial charge is 0.323 e. The van der Waals surface area contributed by atoms with Gasteiger partial charge in [-0.3, -0.25) is 4.79 Å². The molecular formula is C13H15F3N2O. The second-order valence-electron chi connectivity index (χ2n) is 4.73. The smallest absolute Gasteiger partial charge is 0.229 e. The number of anilines is 1. The van der Waals surface area contributed by atoms with Crippen molar-refractivity contribution in [3.63, 3.8) is 0 Å². The first-order valence-corrected chi connectivity index (χ1v) is 6.18. The number of carbonyl (C=O) groups is 1. The minimum Gasteiger partial charge on any atom is -0.323 e. The fourth-order valence-corrected chi connectivity index (χ4v) is 2.27. The van der Waals surface area contributed by atoms with Gasteiger partial charge in [0.05, 0.1) is 11.6 Å². The number of hydrogen-bond acceptors (Lipinski definition) is 2. The van der Waals surface area contributed by atoms with Gasteiger partial charge in [-0.25, -0.2) is 13.2 Å². The standard InChI is InChI=1S/C13H15F3N2O/c1-7-9(3-2-4-17-7)13(19)18-11-6-8(14)5-10(15)12(11)16/h5-7,9,17H,2-4H2,1H3,(H,18,19). The van der Waals surface area contributed by atoms with E-state index in [0.29, 0.717) is 12.5 Å². The summed E-state index contributed by atoms with van der Waals surface area (Å²) in [5.74, 6) is -4.25. The molecule has 0 bridgehead atoms. The fourth-order valence-electron chi connectivity index (χ4n) is 2.27. The van der Waals surface area contributed by atoms with Crippen molar-refractivity contribution < 1.29 is 18.0 Å². The molecule has 2 unspecified atom stereocenters. The molecule has 1 saturated heterocycles. The molecule has 104 valence electrons. The Morgan fingerprint density at radius 1 is 1.37 bits per heavy atom. The van der Waals surface area contributed by atoms with Gasteiger partial charge in [0.15, 0.2) is 11.6 Å². The van der Waals surface area contributed by atoms with Crippen molar-refractivity contribution in [1.29, 1.82) is 0 Å². The molecule has 0 spiro atoms. The maximum atomic E-state index is 13.4. The number of rotatable bonds is 2. The predicted molar refractivity (Wildman–Crippen MR) is 65.1 cm³/mol. The van der Waals surface area contributed by atoms with Gasteiger partial charge in [-0.05, 0) is 26.3 Å². The summed E-state index contributed by atoms with van der Waals surface area (Å²) in [6.45, 7) is 2.68. The van der Waals surface area contributed by atoms with Crippen molar-refractivity contribution in [2.75, 3.05) is 11.9 Å². The molecule has 1 aromatic rings. The summed E-state index contributed by atoms with van der Waals surface area (Å²) in [5, 5.41) is 5.39. The molecule has 0 radical (unpaired) electrons. The zero-order valence-corrected chi connectivity index (χ0v) is 10.5. The molecule has 1 fully saturated rings. The molecule has 1 aliphatic rings. The van der Waals surface area contributed by atoms with Gasteiger partial charge in [0.2, 0.25) is 5.91 Å². The second kappa shape index (κ2) is 5.61. The highest BCUT2D eigenvalue weighted by Crippen LogP contribution is 2.22. The first kappa shape index (κ1) is 13.9. The van der Waals surface area contributed by atoms with Gasteiger partial charge in [0.25, 0.3) is 0 Å². The molecule has 3 nitrogen and oxygen atoms in total. The minimum absolute atomic E-state index is 0.0461. The lowest BCUT2D eigenvalue weighted by Gasteiger charge is -2.28. The zero-order valence-electron chi connectivity index (χ0n) is 10.5. The van der Waals surface area contributed by atoms with Crippen LogP contribution in [-0.4, -0.2) is 18.5 Å². The summed E-state index contributed by atoms with van der Waals surface area (Å²) in [5.41, 5.74) is -0.458. The quantitative estimate of drug-likeness (QED) is 0.812. The fraction of sp³-hybridized carbons (Fsp3) is 0.462. The Morgan fingerprint density at radius 3 is 2.79 bits per heavy atom. The molecule has 0 aliphatic carbocycles. The molecule has 2 atom stereocenters. The van der Waals surface area contributed by atoms with Crippen LogP contribution in [0.25, 0.3) is 0 Å². The van der Waals surface area contributed by atoms with E-state index in [0.717, 1.165) is 19.0 Å². The Morgan fingerprint density at radius 2 is 2.11 bits per heavy atom. The van der Waals surface area contributed by atoms with Crippen LogP contribution in [0.3, 0.4) is 0 Å². The number of carbonyl (C=O) groups excluding carboxylic acids is 1. The Kier molecular flexibility index (Phi) is 4.09. The molecule has 6 heteroatoms. The van der Waals surface area contributed by atoms with E-state index in [4.69, 9.17) is 0 Å². The normalized spacial score (nSPS) is 23.2. The van der Waals surface area contributed by atoms with Crippen LogP contribution in [0.1, 0.15) is 19.8 Å². The Bertz CT molecular complexity index is 493. The Hall–Kier alpha value is -1.56. The number of hydrogen-bond donors (Lipinski definition) is 2. The topological polar surface area (TPSA) is 41.1 Å². The van der Waals surface area contributed by atoms with Crippen LogP contribution >= 0.6 is 0 Å². The molecule has 19 heavy (non-hydrogen) atoms. The highest BCUT2D eigenvalue weighted by molar-refractivity contribution is 5.93. The van der Waals surface area contributed by atoms with E-state index in [1.54, 1.807) is 0 Å². The molecule has 2 N–H and O–H groups in total. The summed E-state index contributed by atoms with van der Waals surface area (Å²) >= 11 is 0. The van der Waals surface area contributed by atoms with Crippen LogP contribution in [0.5, 0.6) is 0 Å². The summed E-state index contributed by atoms with van der Waals surface area (Å²) in [4.78, 5) is 12.0. The number of piperidine rings is 1. The zero-order chi connectivity index (χ0) is 14.0. The van der Waals surface area contributed by atoms with E-state index in [2.05, 4.69) is 10.6 Å². The van der Waals surface area contributed by atoms with E-state index in [9.17, 15) is 18.0 Å². The van der Waals surface area contributed by atoms with Crippen molar-refractivity contribution in [3.05, 3.63) is 29.6 Å². The average Bonchev–Trinajstić information content (AvgIpc) is 2.35. The van der Waals surface area contributed by atoms with Crippen molar-refractivity contribution in [2.45, 2.75) is 25.8 Å². The average molecular weight is 272 g/mol. The van der Waals surface area contributed by atoms with Crippen LogP contribution in [-0.2, 0) is 4.79 Å². The molecule has 1 heterocycles. The van der Waals surface area contributed by atoms with E-state index in [1.165, 1.54) is 0 Å². The number of amides is 1. The summed E-state index contributed by atoms with van der Waals surface area (Å²) in [6, 6.07) is 1.17. The monoisotopic (exact) mass is 272 g/mol. The second-order valence-corrected chi connectivity index (χ2v) is 4.73. The summed E-state index contributed by atoms with van der Waals surface area (Å²) in [7, 11) is 0. The van der Waals surface area contributed by atoms with Crippen LogP contribution in [0.4, 0.5) is 18.9 Å². The molecule has 1 aromatic carbocycles. The lowest BCUT2D eigenvalue weighted by atomic mass is 9.91. The highest BCUT2D eigenvalue weighted by Gasteiger charge is 2.28. The molecular weight excluding hydrogens is 257 g/mol. The minimum atomic E-state index is -1.31. The van der Waals surface area contributed by atoms with Crippen molar-refractivity contribution in [3.8, 4) is 0 Å². The third-order valence-corrected chi connectivity index (χ3v) is 3.35. The van der Waals surface area contributed by atoms with E-state index in [-0.39, 0.29) is 12.0 Å². The van der Waals surface area contributed by atoms with Crippen LogP contribution in [0.2, 0.25) is 0 Å². The van der Waals surface area contributed by atoms with Gasteiger partial charge < -0.3 is 10.6 Å². The van der Waals surface area contributed by atoms with Crippen molar-refractivity contribution in [1.82, 2.24) is 5.32 Å². The number of halogens is 3. The lowest BCUT2D eigenvalue weighted by Crippen LogP contribution is -2.44. The molecule has 1 amide bonds. The molecule has 0 saturated carbocycles. The van der Waals surface area contributed by atoms with Crippen LogP contribution in [0.15, 0.2) is 12.1 Å². The van der Waals surface area contributed by atoms with Gasteiger partial charge in [-0.2, -0.15) is 0 Å². The summed E-state index contributed by atoms with van der Waals surface area (Å²) in [6.07, 6.45) is 1.50. The van der Waals surface area contributed by atoms with Crippen molar-refractivity contribution >= 4 is 11.6 Å². The number of benzene rings is 1. The molecule has 1 aliphatic heterocycles.